The van der Waals surface area contributed by atoms with E-state index in [2.05, 4.69) is 4.98 Å². The van der Waals surface area contributed by atoms with Gasteiger partial charge in [-0.15, -0.1) is 0 Å². The number of aryl methyl sites for hydroxylation is 2. The molecule has 0 unspecified atom stereocenters. The van der Waals surface area contributed by atoms with Gasteiger partial charge in [0.25, 0.3) is 0 Å². The zero-order chi connectivity index (χ0) is 20.3. The average molecular weight is 373 g/mol. The maximum Gasteiger partial charge on any atom is 0.342 e. The van der Waals surface area contributed by atoms with E-state index in [0.29, 0.717) is 22.4 Å². The number of ether oxygens (including phenoxy) is 2. The zero-order valence-corrected chi connectivity index (χ0v) is 16.0. The van der Waals surface area contributed by atoms with Crippen molar-refractivity contribution in [1.29, 1.82) is 0 Å². The van der Waals surface area contributed by atoms with Gasteiger partial charge in [-0.2, -0.15) is 0 Å². The van der Waals surface area contributed by atoms with E-state index < -0.39 is 23.8 Å². The molecule has 0 fully saturated rings. The number of carbonyl (C=O) groups is 3. The van der Waals surface area contributed by atoms with Crippen LogP contribution >= 0.6 is 0 Å². The highest BCUT2D eigenvalue weighted by molar-refractivity contribution is 6.04. The summed E-state index contributed by atoms with van der Waals surface area (Å²) in [6, 6.07) is 4.69. The minimum atomic E-state index is -1.11. The Balaban J connectivity index is 2.23. The fourth-order valence-electron chi connectivity index (χ4n) is 2.81. The third-order valence-corrected chi connectivity index (χ3v) is 4.27. The molecular formula is C20H23NO6. The van der Waals surface area contributed by atoms with Crippen LogP contribution < -0.4 is 0 Å². The third-order valence-electron chi connectivity index (χ3n) is 4.27. The predicted octanol–water partition coefficient (Wildman–Crippen LogP) is 3.25. The Morgan fingerprint density at radius 2 is 1.81 bits per heavy atom. The second-order valence-electron chi connectivity index (χ2n) is 6.23. The van der Waals surface area contributed by atoms with Crippen molar-refractivity contribution < 1.29 is 29.0 Å². The van der Waals surface area contributed by atoms with Gasteiger partial charge in [-0.05, 0) is 51.8 Å². The lowest BCUT2D eigenvalue weighted by Crippen LogP contribution is -2.25. The van der Waals surface area contributed by atoms with E-state index >= 15 is 0 Å². The Hall–Kier alpha value is -3.09. The Kier molecular flexibility index (Phi) is 6.05. The van der Waals surface area contributed by atoms with Gasteiger partial charge in [-0.1, -0.05) is 12.1 Å². The van der Waals surface area contributed by atoms with Crippen molar-refractivity contribution in [2.75, 3.05) is 6.61 Å². The molecule has 1 heterocycles. The Morgan fingerprint density at radius 1 is 1.15 bits per heavy atom. The van der Waals surface area contributed by atoms with Crippen LogP contribution in [0.5, 0.6) is 5.75 Å². The normalized spacial score (nSPS) is 11.7. The van der Waals surface area contributed by atoms with Gasteiger partial charge in [0.05, 0.1) is 17.9 Å². The first kappa shape index (κ1) is 20.2. The molecule has 1 aromatic heterocycles. The standard InChI is InChI=1S/C20H23NO6/c1-6-26-20(25)15-11(3)16(21-12(15)4)18(23)13(5)27-19(24)14-9-7-8-10(2)17(14)22/h7-9,13,21-22H,6H2,1-5H3/t13-/m0/s1. The summed E-state index contributed by atoms with van der Waals surface area (Å²) in [6.07, 6.45) is -1.11. The molecule has 0 saturated carbocycles. The van der Waals surface area contributed by atoms with Crippen LogP contribution in [0.25, 0.3) is 0 Å². The second kappa shape index (κ2) is 8.07. The highest BCUT2D eigenvalue weighted by Crippen LogP contribution is 2.24. The number of rotatable bonds is 6. The number of hydrogen-bond acceptors (Lipinski definition) is 6. The van der Waals surface area contributed by atoms with Crippen molar-refractivity contribution >= 4 is 17.7 Å². The van der Waals surface area contributed by atoms with Gasteiger partial charge in [-0.3, -0.25) is 4.79 Å². The van der Waals surface area contributed by atoms with Crippen molar-refractivity contribution in [2.45, 2.75) is 40.7 Å². The monoisotopic (exact) mass is 373 g/mol. The number of para-hydroxylation sites is 1. The third kappa shape index (κ3) is 4.02. The molecule has 2 aromatic rings. The number of esters is 2. The fourth-order valence-corrected chi connectivity index (χ4v) is 2.81. The number of nitrogens with one attached hydrogen (secondary N) is 1. The van der Waals surface area contributed by atoms with Gasteiger partial charge < -0.3 is 19.6 Å². The smallest absolute Gasteiger partial charge is 0.342 e. The average Bonchev–Trinajstić information content (AvgIpc) is 2.91. The summed E-state index contributed by atoms with van der Waals surface area (Å²) in [5, 5.41) is 9.99. The van der Waals surface area contributed by atoms with Crippen molar-refractivity contribution in [3.8, 4) is 5.75 Å². The van der Waals surface area contributed by atoms with Gasteiger partial charge >= 0.3 is 11.9 Å². The lowest BCUT2D eigenvalue weighted by atomic mass is 10.1. The molecule has 0 bridgehead atoms. The fraction of sp³-hybridized carbons (Fsp3) is 0.350. The molecule has 0 aliphatic rings. The van der Waals surface area contributed by atoms with E-state index in [-0.39, 0.29) is 23.6 Å². The van der Waals surface area contributed by atoms with Crippen LogP contribution in [0.2, 0.25) is 0 Å². The van der Waals surface area contributed by atoms with Crippen LogP contribution in [0.1, 0.15) is 61.9 Å². The van der Waals surface area contributed by atoms with Crippen LogP contribution in [0.15, 0.2) is 18.2 Å². The molecule has 0 aliphatic heterocycles. The molecule has 0 aliphatic carbocycles. The van der Waals surface area contributed by atoms with Gasteiger partial charge in [-0.25, -0.2) is 9.59 Å². The summed E-state index contributed by atoms with van der Waals surface area (Å²) in [5.41, 5.74) is 1.94. The first-order valence-electron chi connectivity index (χ1n) is 8.59. The number of phenols is 1. The molecule has 2 rings (SSSR count). The molecule has 0 amide bonds. The largest absolute Gasteiger partial charge is 0.507 e. The number of hydrogen-bond donors (Lipinski definition) is 2. The number of aromatic hydroxyl groups is 1. The van der Waals surface area contributed by atoms with E-state index in [9.17, 15) is 19.5 Å². The van der Waals surface area contributed by atoms with Crippen molar-refractivity contribution in [1.82, 2.24) is 4.98 Å². The van der Waals surface area contributed by atoms with E-state index in [4.69, 9.17) is 9.47 Å². The van der Waals surface area contributed by atoms with Gasteiger partial charge in [0.1, 0.15) is 11.3 Å². The van der Waals surface area contributed by atoms with E-state index in [1.54, 1.807) is 39.8 Å². The molecule has 0 saturated heterocycles. The van der Waals surface area contributed by atoms with Gasteiger partial charge in [0.2, 0.25) is 5.78 Å². The van der Waals surface area contributed by atoms with Gasteiger partial charge in [0, 0.05) is 5.69 Å². The topological polar surface area (TPSA) is 106 Å². The van der Waals surface area contributed by atoms with E-state index in [1.807, 2.05) is 0 Å². The van der Waals surface area contributed by atoms with Crippen LogP contribution in [0.4, 0.5) is 0 Å². The molecule has 27 heavy (non-hydrogen) atoms. The number of carbonyl (C=O) groups excluding carboxylic acids is 3. The number of aromatic nitrogens is 1. The van der Waals surface area contributed by atoms with E-state index in [0.717, 1.165) is 0 Å². The van der Waals surface area contributed by atoms with Crippen LogP contribution in [0, 0.1) is 20.8 Å². The summed E-state index contributed by atoms with van der Waals surface area (Å²) in [6.45, 7) is 8.31. The Labute approximate surface area is 157 Å². The van der Waals surface area contributed by atoms with Gasteiger partial charge in [0.15, 0.2) is 6.10 Å². The number of ketones is 1. The number of phenolic OH excluding ortho intramolecular Hbond substituents is 1. The zero-order valence-electron chi connectivity index (χ0n) is 16.0. The quantitative estimate of drug-likeness (QED) is 0.595. The summed E-state index contributed by atoms with van der Waals surface area (Å²) >= 11 is 0. The summed E-state index contributed by atoms with van der Waals surface area (Å²) in [7, 11) is 0. The number of H-pyrrole nitrogens is 1. The number of benzene rings is 1. The SMILES string of the molecule is CCOC(=O)c1c(C)[nH]c(C(=O)[C@H](C)OC(=O)c2cccc(C)c2O)c1C. The second-order valence-corrected chi connectivity index (χ2v) is 6.23. The van der Waals surface area contributed by atoms with Crippen molar-refractivity contribution in [3.63, 3.8) is 0 Å². The number of aromatic amines is 1. The van der Waals surface area contributed by atoms with Crippen molar-refractivity contribution in [3.05, 3.63) is 51.8 Å². The van der Waals surface area contributed by atoms with Crippen LogP contribution in [-0.2, 0) is 9.47 Å². The van der Waals surface area contributed by atoms with Crippen LogP contribution in [0.3, 0.4) is 0 Å². The maximum atomic E-state index is 12.7. The maximum absolute atomic E-state index is 12.7. The molecule has 2 N–H and O–H groups in total. The molecule has 0 radical (unpaired) electrons. The number of Topliss-reactive ketones (excluding diaryl/α,β-unsaturated/α-hetero) is 1. The first-order chi connectivity index (χ1) is 12.7. The molecule has 1 aromatic carbocycles. The van der Waals surface area contributed by atoms with E-state index in [1.165, 1.54) is 13.0 Å². The molecule has 7 heteroatoms. The summed E-state index contributed by atoms with van der Waals surface area (Å²) in [5.74, 6) is -1.98. The summed E-state index contributed by atoms with van der Waals surface area (Å²) in [4.78, 5) is 39.9. The van der Waals surface area contributed by atoms with Crippen LogP contribution in [-0.4, -0.2) is 40.5 Å². The minimum absolute atomic E-state index is 0.0127. The first-order valence-corrected chi connectivity index (χ1v) is 8.59. The lowest BCUT2D eigenvalue weighted by Gasteiger charge is -2.13. The highest BCUT2D eigenvalue weighted by atomic mass is 16.5. The molecular weight excluding hydrogens is 350 g/mol. The Morgan fingerprint density at radius 3 is 2.44 bits per heavy atom. The Bertz CT molecular complexity index is 896. The van der Waals surface area contributed by atoms with Crippen molar-refractivity contribution in [2.24, 2.45) is 0 Å². The lowest BCUT2D eigenvalue weighted by molar-refractivity contribution is 0.0313. The predicted molar refractivity (Wildman–Crippen MR) is 98.3 cm³/mol. The minimum Gasteiger partial charge on any atom is -0.507 e. The molecule has 144 valence electrons. The highest BCUT2D eigenvalue weighted by Gasteiger charge is 2.28. The molecule has 1 atom stereocenters. The molecule has 0 spiro atoms. The summed E-state index contributed by atoms with van der Waals surface area (Å²) < 4.78 is 10.2. The molecule has 7 nitrogen and oxygen atoms in total.